The van der Waals surface area contributed by atoms with Crippen molar-refractivity contribution in [3.63, 3.8) is 0 Å². The predicted molar refractivity (Wildman–Crippen MR) is 115 cm³/mol. The zero-order chi connectivity index (χ0) is 22.8. The fourth-order valence-electron chi connectivity index (χ4n) is 6.05. The third kappa shape index (κ3) is 2.73. The number of ether oxygens (including phenoxy) is 1. The van der Waals surface area contributed by atoms with Gasteiger partial charge in [-0.3, -0.25) is 4.79 Å². The molecule has 172 valence electrons. The fraction of sp³-hybridized carbons (Fsp3) is 0.565. The fourth-order valence-corrected chi connectivity index (χ4v) is 6.05. The Morgan fingerprint density at radius 2 is 1.84 bits per heavy atom. The summed E-state index contributed by atoms with van der Waals surface area (Å²) >= 11 is 0. The van der Waals surface area contributed by atoms with Gasteiger partial charge in [-0.1, -0.05) is 6.42 Å². The lowest BCUT2D eigenvalue weighted by Crippen LogP contribution is -2.41. The van der Waals surface area contributed by atoms with Crippen LogP contribution in [0.15, 0.2) is 17.1 Å². The molecule has 2 saturated carbocycles. The van der Waals surface area contributed by atoms with E-state index in [1.54, 1.807) is 4.57 Å². The van der Waals surface area contributed by atoms with E-state index >= 15 is 4.39 Å². The van der Waals surface area contributed by atoms with Gasteiger partial charge < -0.3 is 29.5 Å². The van der Waals surface area contributed by atoms with Crippen LogP contribution in [-0.4, -0.2) is 59.3 Å². The number of halogens is 1. The molecular weight excluding hydrogens is 419 g/mol. The molecule has 32 heavy (non-hydrogen) atoms. The lowest BCUT2D eigenvalue weighted by Gasteiger charge is -2.36. The summed E-state index contributed by atoms with van der Waals surface area (Å²) in [6.45, 7) is 0.528. The zero-order valence-electron chi connectivity index (χ0n) is 17.9. The highest BCUT2D eigenvalue weighted by Crippen LogP contribution is 2.59. The second-order valence-corrected chi connectivity index (χ2v) is 9.54. The highest BCUT2D eigenvalue weighted by molar-refractivity contribution is 5.97. The van der Waals surface area contributed by atoms with E-state index in [2.05, 4.69) is 0 Å². The monoisotopic (exact) mass is 446 g/mol. The number of aromatic carboxylic acids is 1. The number of hydrogen-bond donors (Lipinski definition) is 3. The van der Waals surface area contributed by atoms with E-state index in [0.717, 1.165) is 38.2 Å². The van der Waals surface area contributed by atoms with Gasteiger partial charge in [-0.15, -0.1) is 0 Å². The van der Waals surface area contributed by atoms with Gasteiger partial charge in [-0.2, -0.15) is 0 Å². The number of pyridine rings is 1. The Balaban J connectivity index is 1.75. The van der Waals surface area contributed by atoms with E-state index < -0.39 is 33.6 Å². The summed E-state index contributed by atoms with van der Waals surface area (Å²) in [5.74, 6) is -1.85. The number of carbonyl (C=O) groups is 1. The molecule has 3 aliphatic rings. The van der Waals surface area contributed by atoms with Crippen LogP contribution in [0.5, 0.6) is 5.75 Å². The predicted octanol–water partition coefficient (Wildman–Crippen LogP) is 2.14. The number of fused-ring (bicyclic) bond motifs is 2. The topological polar surface area (TPSA) is 112 Å². The van der Waals surface area contributed by atoms with Crippen molar-refractivity contribution < 1.29 is 29.2 Å². The molecule has 0 amide bonds. The number of aliphatic hydroxyl groups is 2. The normalized spacial score (nSPS) is 27.2. The highest BCUT2D eigenvalue weighted by atomic mass is 19.1. The van der Waals surface area contributed by atoms with E-state index in [4.69, 9.17) is 4.74 Å². The highest BCUT2D eigenvalue weighted by Gasteiger charge is 2.60. The van der Waals surface area contributed by atoms with Crippen LogP contribution in [0.25, 0.3) is 10.9 Å². The van der Waals surface area contributed by atoms with E-state index in [0.29, 0.717) is 18.6 Å². The van der Waals surface area contributed by atoms with Crippen LogP contribution in [-0.2, 0) is 0 Å². The van der Waals surface area contributed by atoms with Crippen molar-refractivity contribution in [3.05, 3.63) is 33.9 Å². The van der Waals surface area contributed by atoms with Crippen LogP contribution in [0.4, 0.5) is 10.1 Å². The standard InChI is InChI=1S/C23H27FN2O6/c1-32-20-17-14(19(29)15(21(30)31)8-26(17)13-3-4-13)7-16(24)18(20)25-9-22(11-27)5-2-6-23(22,10-25)12-28/h7-8,13,27-28H,2-6,9-12H2,1H3,(H,30,31). The molecule has 0 radical (unpaired) electrons. The molecule has 5 rings (SSSR count). The molecule has 1 aromatic carbocycles. The van der Waals surface area contributed by atoms with E-state index in [-0.39, 0.29) is 36.1 Å². The van der Waals surface area contributed by atoms with Crippen LogP contribution in [0.1, 0.15) is 48.5 Å². The van der Waals surface area contributed by atoms with Gasteiger partial charge in [0.15, 0.2) is 11.6 Å². The van der Waals surface area contributed by atoms with Crippen LogP contribution < -0.4 is 15.1 Å². The van der Waals surface area contributed by atoms with Crippen molar-refractivity contribution in [1.82, 2.24) is 4.57 Å². The molecule has 1 aliphatic heterocycles. The van der Waals surface area contributed by atoms with Crippen molar-refractivity contribution >= 4 is 22.6 Å². The van der Waals surface area contributed by atoms with Gasteiger partial charge in [0.05, 0.1) is 31.2 Å². The second kappa shape index (κ2) is 7.18. The first kappa shape index (κ1) is 21.2. The summed E-state index contributed by atoms with van der Waals surface area (Å²) in [6, 6.07) is 1.13. The van der Waals surface area contributed by atoms with Crippen LogP contribution >= 0.6 is 0 Å². The minimum absolute atomic E-state index is 0.0222. The molecular formula is C23H27FN2O6. The van der Waals surface area contributed by atoms with Gasteiger partial charge in [-0.05, 0) is 31.7 Å². The Morgan fingerprint density at radius 3 is 2.34 bits per heavy atom. The number of aliphatic hydroxyl groups excluding tert-OH is 2. The van der Waals surface area contributed by atoms with Crippen molar-refractivity contribution in [3.8, 4) is 5.75 Å². The number of benzene rings is 1. The smallest absolute Gasteiger partial charge is 0.341 e. The van der Waals surface area contributed by atoms with Gasteiger partial charge in [0.25, 0.3) is 0 Å². The minimum atomic E-state index is -1.35. The van der Waals surface area contributed by atoms with Gasteiger partial charge in [-0.25, -0.2) is 9.18 Å². The number of carboxylic acids is 1. The number of methoxy groups -OCH3 is 1. The maximum absolute atomic E-state index is 15.6. The average molecular weight is 446 g/mol. The molecule has 9 heteroatoms. The Labute approximate surface area is 183 Å². The number of rotatable bonds is 6. The first-order valence-corrected chi connectivity index (χ1v) is 11.0. The van der Waals surface area contributed by atoms with Crippen LogP contribution in [0, 0.1) is 16.6 Å². The van der Waals surface area contributed by atoms with Gasteiger partial charge >= 0.3 is 5.97 Å². The molecule has 1 saturated heterocycles. The van der Waals surface area contributed by atoms with Gasteiger partial charge in [0.1, 0.15) is 11.3 Å². The Hall–Kier alpha value is -2.65. The van der Waals surface area contributed by atoms with Gasteiger partial charge in [0.2, 0.25) is 5.43 Å². The van der Waals surface area contributed by atoms with Crippen molar-refractivity contribution in [2.24, 2.45) is 10.8 Å². The molecule has 3 N–H and O–H groups in total. The maximum atomic E-state index is 15.6. The Kier molecular flexibility index (Phi) is 4.76. The molecule has 0 bridgehead atoms. The number of aromatic nitrogens is 1. The van der Waals surface area contributed by atoms with Crippen molar-refractivity contribution in [2.45, 2.75) is 38.1 Å². The lowest BCUT2D eigenvalue weighted by molar-refractivity contribution is 0.00976. The van der Waals surface area contributed by atoms with Crippen LogP contribution in [0.2, 0.25) is 0 Å². The molecule has 8 nitrogen and oxygen atoms in total. The van der Waals surface area contributed by atoms with Gasteiger partial charge in [0, 0.05) is 36.2 Å². The molecule has 2 aromatic rings. The quantitative estimate of drug-likeness (QED) is 0.623. The summed E-state index contributed by atoms with van der Waals surface area (Å²) in [6.07, 6.45) is 5.37. The maximum Gasteiger partial charge on any atom is 0.341 e. The number of carboxylic acid groups (broad SMARTS) is 1. The Morgan fingerprint density at radius 1 is 1.22 bits per heavy atom. The number of nitrogens with zero attached hydrogens (tertiary/aromatic N) is 2. The molecule has 2 heterocycles. The number of hydrogen-bond acceptors (Lipinski definition) is 6. The molecule has 2 atom stereocenters. The average Bonchev–Trinajstić information content (AvgIpc) is 3.47. The minimum Gasteiger partial charge on any atom is -0.492 e. The van der Waals surface area contributed by atoms with Crippen molar-refractivity contribution in [2.75, 3.05) is 38.3 Å². The Bertz CT molecular complexity index is 1160. The first-order chi connectivity index (χ1) is 15.3. The third-order valence-corrected chi connectivity index (χ3v) is 7.92. The van der Waals surface area contributed by atoms with Crippen molar-refractivity contribution in [1.29, 1.82) is 0 Å². The second-order valence-electron chi connectivity index (χ2n) is 9.54. The lowest BCUT2D eigenvalue weighted by atomic mass is 9.69. The molecule has 0 spiro atoms. The van der Waals surface area contributed by atoms with E-state index in [1.165, 1.54) is 13.3 Å². The van der Waals surface area contributed by atoms with E-state index in [9.17, 15) is 24.9 Å². The summed E-state index contributed by atoms with van der Waals surface area (Å²) in [4.78, 5) is 26.3. The van der Waals surface area contributed by atoms with Crippen LogP contribution in [0.3, 0.4) is 0 Å². The molecule has 3 fully saturated rings. The summed E-state index contributed by atoms with van der Waals surface area (Å²) < 4.78 is 23.0. The third-order valence-electron chi connectivity index (χ3n) is 7.92. The SMILES string of the molecule is COc1c(N2CC3(CO)CCCC3(CO)C2)c(F)cc2c(=O)c(C(=O)O)cn(C3CC3)c12. The largest absolute Gasteiger partial charge is 0.492 e. The summed E-state index contributed by atoms with van der Waals surface area (Å²) in [5, 5.41) is 29.9. The molecule has 1 aromatic heterocycles. The summed E-state index contributed by atoms with van der Waals surface area (Å²) in [5.41, 5.74) is -1.63. The zero-order valence-corrected chi connectivity index (χ0v) is 17.9. The van der Waals surface area contributed by atoms with E-state index in [1.807, 2.05) is 4.90 Å². The molecule has 2 aliphatic carbocycles. The first-order valence-electron chi connectivity index (χ1n) is 11.0. The molecule has 2 unspecified atom stereocenters. The summed E-state index contributed by atoms with van der Waals surface area (Å²) in [7, 11) is 1.41. The number of anilines is 1.